The van der Waals surface area contributed by atoms with Crippen molar-refractivity contribution in [3.63, 3.8) is 0 Å². The minimum Gasteiger partial charge on any atom is -0.485 e. The smallest absolute Gasteiger partial charge is 0.125 e. The van der Waals surface area contributed by atoms with Gasteiger partial charge in [-0.25, -0.2) is 0 Å². The van der Waals surface area contributed by atoms with Gasteiger partial charge < -0.3 is 10.1 Å². The van der Waals surface area contributed by atoms with Gasteiger partial charge >= 0.3 is 0 Å². The second kappa shape index (κ2) is 6.31. The molecule has 0 fully saturated rings. The molecule has 0 aromatic heterocycles. The summed E-state index contributed by atoms with van der Waals surface area (Å²) in [5, 5.41) is 3.30. The molecule has 2 unspecified atom stereocenters. The quantitative estimate of drug-likeness (QED) is 0.895. The van der Waals surface area contributed by atoms with Crippen molar-refractivity contribution in [1.29, 1.82) is 0 Å². The molecule has 0 aliphatic heterocycles. The van der Waals surface area contributed by atoms with Gasteiger partial charge in [0.15, 0.2) is 0 Å². The van der Waals surface area contributed by atoms with Gasteiger partial charge in [0.1, 0.15) is 11.9 Å². The Morgan fingerprint density at radius 2 is 1.86 bits per heavy atom. The first-order valence-corrected chi connectivity index (χ1v) is 7.80. The van der Waals surface area contributed by atoms with Crippen molar-refractivity contribution in [2.45, 2.75) is 38.3 Å². The van der Waals surface area contributed by atoms with E-state index in [1.807, 2.05) is 7.05 Å². The maximum absolute atomic E-state index is 6.40. The molecule has 0 saturated heterocycles. The highest BCUT2D eigenvalue weighted by Crippen LogP contribution is 2.35. The zero-order chi connectivity index (χ0) is 14.7. The van der Waals surface area contributed by atoms with Crippen molar-refractivity contribution < 1.29 is 4.74 Å². The van der Waals surface area contributed by atoms with E-state index in [-0.39, 0.29) is 6.10 Å². The summed E-state index contributed by atoms with van der Waals surface area (Å²) in [5.41, 5.74) is 4.02. The van der Waals surface area contributed by atoms with E-state index < -0.39 is 0 Å². The molecule has 2 aromatic rings. The van der Waals surface area contributed by atoms with Gasteiger partial charge in [0.05, 0.1) is 0 Å². The fourth-order valence-electron chi connectivity index (χ4n) is 3.09. The molecule has 0 amide bonds. The molecule has 3 rings (SSSR count). The highest BCUT2D eigenvalue weighted by Gasteiger charge is 2.22. The first-order valence-electron chi connectivity index (χ1n) is 7.80. The summed E-state index contributed by atoms with van der Waals surface area (Å²) < 4.78 is 6.40. The number of rotatable bonds is 4. The number of hydrogen-bond donors (Lipinski definition) is 1. The van der Waals surface area contributed by atoms with Crippen LogP contribution in [-0.2, 0) is 6.42 Å². The van der Waals surface area contributed by atoms with Crippen LogP contribution in [0.2, 0.25) is 0 Å². The van der Waals surface area contributed by atoms with Crippen LogP contribution in [0.4, 0.5) is 0 Å². The number of aryl methyl sites for hydroxylation is 1. The van der Waals surface area contributed by atoms with E-state index in [2.05, 4.69) is 60.8 Å². The molecule has 0 bridgehead atoms. The molecule has 0 saturated carbocycles. The zero-order valence-electron chi connectivity index (χ0n) is 12.8. The standard InChI is InChI=1S/C19H23NO/c1-14(20-2)16-10-5-6-12-18(16)21-19-13-7-9-15-8-3-4-11-17(15)19/h3-6,8,10-12,14,19-20H,7,9,13H2,1-2H3. The predicted molar refractivity (Wildman–Crippen MR) is 86.7 cm³/mol. The summed E-state index contributed by atoms with van der Waals surface area (Å²) in [4.78, 5) is 0. The minimum atomic E-state index is 0.181. The van der Waals surface area contributed by atoms with Gasteiger partial charge in [0.25, 0.3) is 0 Å². The van der Waals surface area contributed by atoms with Crippen molar-refractivity contribution in [3.8, 4) is 5.75 Å². The number of fused-ring (bicyclic) bond motifs is 1. The maximum atomic E-state index is 6.40. The molecule has 2 heteroatoms. The van der Waals surface area contributed by atoms with Gasteiger partial charge in [-0.3, -0.25) is 0 Å². The van der Waals surface area contributed by atoms with E-state index in [1.54, 1.807) is 0 Å². The molecule has 0 heterocycles. The van der Waals surface area contributed by atoms with Crippen molar-refractivity contribution in [1.82, 2.24) is 5.32 Å². The van der Waals surface area contributed by atoms with Gasteiger partial charge in [-0.2, -0.15) is 0 Å². The van der Waals surface area contributed by atoms with Gasteiger partial charge in [-0.1, -0.05) is 42.5 Å². The van der Waals surface area contributed by atoms with Crippen molar-refractivity contribution in [3.05, 3.63) is 65.2 Å². The van der Waals surface area contributed by atoms with Crippen LogP contribution in [0.25, 0.3) is 0 Å². The number of nitrogens with one attached hydrogen (secondary N) is 1. The molecular weight excluding hydrogens is 258 g/mol. The Labute approximate surface area is 127 Å². The van der Waals surface area contributed by atoms with Crippen LogP contribution in [0.15, 0.2) is 48.5 Å². The third-order valence-corrected chi connectivity index (χ3v) is 4.40. The summed E-state index contributed by atoms with van der Waals surface area (Å²) in [7, 11) is 1.98. The molecule has 0 spiro atoms. The topological polar surface area (TPSA) is 21.3 Å². The summed E-state index contributed by atoms with van der Waals surface area (Å²) in [6, 6.07) is 17.3. The van der Waals surface area contributed by atoms with E-state index >= 15 is 0 Å². The van der Waals surface area contributed by atoms with Crippen LogP contribution >= 0.6 is 0 Å². The van der Waals surface area contributed by atoms with E-state index in [4.69, 9.17) is 4.74 Å². The van der Waals surface area contributed by atoms with E-state index in [0.717, 1.165) is 12.2 Å². The van der Waals surface area contributed by atoms with Crippen molar-refractivity contribution >= 4 is 0 Å². The Balaban J connectivity index is 1.88. The first kappa shape index (κ1) is 14.2. The molecule has 1 N–H and O–H groups in total. The third kappa shape index (κ3) is 2.96. The second-order valence-corrected chi connectivity index (χ2v) is 5.75. The van der Waals surface area contributed by atoms with Gasteiger partial charge in [-0.05, 0) is 50.4 Å². The van der Waals surface area contributed by atoms with Gasteiger partial charge in [-0.15, -0.1) is 0 Å². The predicted octanol–water partition coefficient (Wildman–Crippen LogP) is 4.42. The molecule has 2 aromatic carbocycles. The lowest BCUT2D eigenvalue weighted by molar-refractivity contribution is 0.180. The highest BCUT2D eigenvalue weighted by molar-refractivity contribution is 5.38. The Morgan fingerprint density at radius 3 is 2.71 bits per heavy atom. The van der Waals surface area contributed by atoms with Gasteiger partial charge in [0.2, 0.25) is 0 Å². The van der Waals surface area contributed by atoms with Crippen LogP contribution in [0.5, 0.6) is 5.75 Å². The average molecular weight is 281 g/mol. The molecule has 1 aliphatic rings. The molecule has 21 heavy (non-hydrogen) atoms. The molecule has 2 atom stereocenters. The van der Waals surface area contributed by atoms with Crippen LogP contribution < -0.4 is 10.1 Å². The lowest BCUT2D eigenvalue weighted by Gasteiger charge is -2.28. The summed E-state index contributed by atoms with van der Waals surface area (Å²) in [5.74, 6) is 1.00. The zero-order valence-corrected chi connectivity index (χ0v) is 12.8. The fraction of sp³-hybridized carbons (Fsp3) is 0.368. The fourth-order valence-corrected chi connectivity index (χ4v) is 3.09. The number of hydrogen-bond acceptors (Lipinski definition) is 2. The largest absolute Gasteiger partial charge is 0.485 e. The van der Waals surface area contributed by atoms with Gasteiger partial charge in [0, 0.05) is 11.6 Å². The molecule has 0 radical (unpaired) electrons. The summed E-state index contributed by atoms with van der Waals surface area (Å²) in [6.07, 6.45) is 3.65. The summed E-state index contributed by atoms with van der Waals surface area (Å²) in [6.45, 7) is 2.16. The average Bonchev–Trinajstić information content (AvgIpc) is 2.55. The van der Waals surface area contributed by atoms with Crippen molar-refractivity contribution in [2.75, 3.05) is 7.05 Å². The first-order chi connectivity index (χ1) is 10.3. The van der Waals surface area contributed by atoms with Crippen LogP contribution in [0, 0.1) is 0 Å². The van der Waals surface area contributed by atoms with E-state index in [9.17, 15) is 0 Å². The Morgan fingerprint density at radius 1 is 1.10 bits per heavy atom. The monoisotopic (exact) mass is 281 g/mol. The Hall–Kier alpha value is -1.80. The number of benzene rings is 2. The molecular formula is C19H23NO. The normalized spacial score (nSPS) is 18.9. The lowest BCUT2D eigenvalue weighted by atomic mass is 9.89. The Kier molecular flexibility index (Phi) is 4.26. The molecule has 2 nitrogen and oxygen atoms in total. The molecule has 110 valence electrons. The van der Waals surface area contributed by atoms with E-state index in [0.29, 0.717) is 6.04 Å². The van der Waals surface area contributed by atoms with E-state index in [1.165, 1.54) is 29.5 Å². The maximum Gasteiger partial charge on any atom is 0.125 e. The summed E-state index contributed by atoms with van der Waals surface area (Å²) >= 11 is 0. The second-order valence-electron chi connectivity index (χ2n) is 5.75. The minimum absolute atomic E-state index is 0.181. The number of para-hydroxylation sites is 1. The molecule has 1 aliphatic carbocycles. The van der Waals surface area contributed by atoms with Crippen LogP contribution in [0.1, 0.15) is 48.6 Å². The number of ether oxygens (including phenoxy) is 1. The third-order valence-electron chi connectivity index (χ3n) is 4.40. The lowest BCUT2D eigenvalue weighted by Crippen LogP contribution is -2.18. The van der Waals surface area contributed by atoms with Crippen molar-refractivity contribution in [2.24, 2.45) is 0 Å². The SMILES string of the molecule is CNC(C)c1ccccc1OC1CCCc2ccccc21. The Bertz CT molecular complexity index is 608. The van der Waals surface area contributed by atoms with Crippen LogP contribution in [-0.4, -0.2) is 7.05 Å². The van der Waals surface area contributed by atoms with Crippen LogP contribution in [0.3, 0.4) is 0 Å². The highest BCUT2D eigenvalue weighted by atomic mass is 16.5.